The molecule has 1 aliphatic carbocycles. The van der Waals surface area contributed by atoms with Gasteiger partial charge in [-0.3, -0.25) is 4.79 Å². The Hall–Kier alpha value is -1.57. The SMILES string of the molecule is CC1N(c2ccc(C#N)c(Cl)c2)C(=O)CC1(O)C1CC1. The fourth-order valence-corrected chi connectivity index (χ4v) is 3.31. The summed E-state index contributed by atoms with van der Waals surface area (Å²) >= 11 is 6.03. The van der Waals surface area contributed by atoms with Crippen molar-refractivity contribution in [1.82, 2.24) is 0 Å². The summed E-state index contributed by atoms with van der Waals surface area (Å²) in [7, 11) is 0. The Labute approximate surface area is 122 Å². The molecule has 2 atom stereocenters. The highest BCUT2D eigenvalue weighted by molar-refractivity contribution is 6.32. The van der Waals surface area contributed by atoms with Gasteiger partial charge in [-0.1, -0.05) is 11.6 Å². The third kappa shape index (κ3) is 1.90. The van der Waals surface area contributed by atoms with E-state index in [2.05, 4.69) is 0 Å². The molecular weight excluding hydrogens is 276 g/mol. The number of nitrogens with zero attached hydrogens (tertiary/aromatic N) is 2. The normalized spacial score (nSPS) is 29.6. The monoisotopic (exact) mass is 290 g/mol. The highest BCUT2D eigenvalue weighted by Gasteiger charge is 2.56. The van der Waals surface area contributed by atoms with Crippen LogP contribution in [-0.4, -0.2) is 22.7 Å². The lowest BCUT2D eigenvalue weighted by Crippen LogP contribution is -2.44. The second-order valence-corrected chi connectivity index (χ2v) is 6.07. The van der Waals surface area contributed by atoms with Gasteiger partial charge in [-0.15, -0.1) is 0 Å². The largest absolute Gasteiger partial charge is 0.387 e. The van der Waals surface area contributed by atoms with E-state index in [4.69, 9.17) is 16.9 Å². The van der Waals surface area contributed by atoms with Gasteiger partial charge in [0.25, 0.3) is 0 Å². The smallest absolute Gasteiger partial charge is 0.230 e. The highest BCUT2D eigenvalue weighted by atomic mass is 35.5. The summed E-state index contributed by atoms with van der Waals surface area (Å²) in [4.78, 5) is 13.9. The van der Waals surface area contributed by atoms with Gasteiger partial charge in [0.1, 0.15) is 6.07 Å². The van der Waals surface area contributed by atoms with Crippen LogP contribution in [0.4, 0.5) is 5.69 Å². The Bertz CT molecular complexity index is 621. The van der Waals surface area contributed by atoms with Crippen LogP contribution in [0.1, 0.15) is 31.7 Å². The number of halogens is 1. The number of hydrogen-bond acceptors (Lipinski definition) is 3. The molecule has 5 heteroatoms. The van der Waals surface area contributed by atoms with E-state index in [1.807, 2.05) is 13.0 Å². The molecule has 0 aromatic heterocycles. The lowest BCUT2D eigenvalue weighted by Gasteiger charge is -2.31. The molecule has 104 valence electrons. The first-order valence-electron chi connectivity index (χ1n) is 6.71. The molecule has 2 aliphatic rings. The van der Waals surface area contributed by atoms with Crippen molar-refractivity contribution in [2.45, 2.75) is 37.8 Å². The van der Waals surface area contributed by atoms with Crippen molar-refractivity contribution in [2.75, 3.05) is 4.90 Å². The van der Waals surface area contributed by atoms with Crippen LogP contribution in [0.25, 0.3) is 0 Å². The number of nitriles is 1. The number of hydrogen-bond donors (Lipinski definition) is 1. The van der Waals surface area contributed by atoms with E-state index < -0.39 is 5.60 Å². The van der Waals surface area contributed by atoms with Crippen LogP contribution in [0, 0.1) is 17.2 Å². The van der Waals surface area contributed by atoms with E-state index in [1.54, 1.807) is 23.1 Å². The van der Waals surface area contributed by atoms with E-state index in [0.29, 0.717) is 16.3 Å². The number of benzene rings is 1. The minimum atomic E-state index is -0.933. The fraction of sp³-hybridized carbons (Fsp3) is 0.467. The molecule has 1 amide bonds. The van der Waals surface area contributed by atoms with Crippen LogP contribution in [0.3, 0.4) is 0 Å². The third-order valence-corrected chi connectivity index (χ3v) is 4.76. The molecule has 1 heterocycles. The quantitative estimate of drug-likeness (QED) is 0.910. The number of carbonyl (C=O) groups excluding carboxylic acids is 1. The lowest BCUT2D eigenvalue weighted by atomic mass is 9.90. The van der Waals surface area contributed by atoms with Crippen molar-refractivity contribution < 1.29 is 9.90 Å². The van der Waals surface area contributed by atoms with Gasteiger partial charge in [-0.25, -0.2) is 0 Å². The molecule has 0 radical (unpaired) electrons. The van der Waals surface area contributed by atoms with Crippen molar-refractivity contribution in [3.8, 4) is 6.07 Å². The van der Waals surface area contributed by atoms with Gasteiger partial charge in [0.15, 0.2) is 0 Å². The Balaban J connectivity index is 1.96. The molecule has 1 saturated carbocycles. The number of rotatable bonds is 2. The average molecular weight is 291 g/mol. The Kier molecular flexibility index (Phi) is 3.00. The van der Waals surface area contributed by atoms with Crippen LogP contribution in [-0.2, 0) is 4.79 Å². The van der Waals surface area contributed by atoms with Crippen molar-refractivity contribution in [1.29, 1.82) is 5.26 Å². The molecule has 1 aromatic rings. The predicted octanol–water partition coefficient (Wildman–Crippen LogP) is 2.48. The minimum absolute atomic E-state index is 0.0901. The highest BCUT2D eigenvalue weighted by Crippen LogP contribution is 2.49. The maximum atomic E-state index is 12.3. The zero-order valence-corrected chi connectivity index (χ0v) is 11.9. The van der Waals surface area contributed by atoms with Gasteiger partial charge in [0.05, 0.1) is 28.6 Å². The summed E-state index contributed by atoms with van der Waals surface area (Å²) in [5.74, 6) is 0.132. The van der Waals surface area contributed by atoms with E-state index >= 15 is 0 Å². The second-order valence-electron chi connectivity index (χ2n) is 5.66. The van der Waals surface area contributed by atoms with E-state index in [9.17, 15) is 9.90 Å². The van der Waals surface area contributed by atoms with Gasteiger partial charge in [0, 0.05) is 5.69 Å². The summed E-state index contributed by atoms with van der Waals surface area (Å²) in [6.45, 7) is 1.87. The van der Waals surface area contributed by atoms with Crippen molar-refractivity contribution in [2.24, 2.45) is 5.92 Å². The molecular formula is C15H15ClN2O2. The maximum absolute atomic E-state index is 12.3. The van der Waals surface area contributed by atoms with Gasteiger partial charge >= 0.3 is 0 Å². The number of amides is 1. The summed E-state index contributed by atoms with van der Waals surface area (Å²) in [5, 5.41) is 19.9. The first-order valence-corrected chi connectivity index (χ1v) is 7.09. The van der Waals surface area contributed by atoms with Crippen molar-refractivity contribution >= 4 is 23.2 Å². The molecule has 3 rings (SSSR count). The lowest BCUT2D eigenvalue weighted by molar-refractivity contribution is -0.118. The summed E-state index contributed by atoms with van der Waals surface area (Å²) in [5.41, 5.74) is 0.0903. The Morgan fingerprint density at radius 3 is 2.75 bits per heavy atom. The molecule has 4 nitrogen and oxygen atoms in total. The van der Waals surface area contributed by atoms with E-state index in [1.165, 1.54) is 0 Å². The summed E-state index contributed by atoms with van der Waals surface area (Å²) < 4.78 is 0. The first kappa shape index (κ1) is 13.4. The van der Waals surface area contributed by atoms with Gasteiger partial charge < -0.3 is 10.0 Å². The summed E-state index contributed by atoms with van der Waals surface area (Å²) in [6.07, 6.45) is 2.13. The fourth-order valence-electron chi connectivity index (χ4n) is 3.10. The van der Waals surface area contributed by atoms with Crippen LogP contribution < -0.4 is 4.90 Å². The number of carbonyl (C=O) groups is 1. The first-order chi connectivity index (χ1) is 9.47. The van der Waals surface area contributed by atoms with Gasteiger partial charge in [-0.2, -0.15) is 5.26 Å². The molecule has 20 heavy (non-hydrogen) atoms. The van der Waals surface area contributed by atoms with Crippen LogP contribution in [0.5, 0.6) is 0 Å². The van der Waals surface area contributed by atoms with Crippen LogP contribution in [0.15, 0.2) is 18.2 Å². The summed E-state index contributed by atoms with van der Waals surface area (Å²) in [6, 6.07) is 6.65. The Morgan fingerprint density at radius 2 is 2.20 bits per heavy atom. The molecule has 2 fully saturated rings. The molecule has 1 saturated heterocycles. The molecule has 1 N–H and O–H groups in total. The molecule has 0 bridgehead atoms. The molecule has 1 aromatic carbocycles. The van der Waals surface area contributed by atoms with E-state index in [-0.39, 0.29) is 24.3 Å². The zero-order chi connectivity index (χ0) is 14.5. The topological polar surface area (TPSA) is 64.3 Å². The van der Waals surface area contributed by atoms with Gasteiger partial charge in [0.2, 0.25) is 5.91 Å². The molecule has 0 spiro atoms. The second kappa shape index (κ2) is 4.47. The number of aliphatic hydroxyl groups is 1. The van der Waals surface area contributed by atoms with E-state index in [0.717, 1.165) is 12.8 Å². The predicted molar refractivity (Wildman–Crippen MR) is 75.4 cm³/mol. The minimum Gasteiger partial charge on any atom is -0.387 e. The Morgan fingerprint density at radius 1 is 1.50 bits per heavy atom. The zero-order valence-electron chi connectivity index (χ0n) is 11.1. The van der Waals surface area contributed by atoms with Gasteiger partial charge in [-0.05, 0) is 43.9 Å². The third-order valence-electron chi connectivity index (χ3n) is 4.45. The average Bonchev–Trinajstić information content (AvgIpc) is 3.20. The van der Waals surface area contributed by atoms with Crippen LogP contribution in [0.2, 0.25) is 5.02 Å². The van der Waals surface area contributed by atoms with Crippen molar-refractivity contribution in [3.05, 3.63) is 28.8 Å². The molecule has 1 aliphatic heterocycles. The number of anilines is 1. The molecule has 2 unspecified atom stereocenters. The van der Waals surface area contributed by atoms with Crippen molar-refractivity contribution in [3.63, 3.8) is 0 Å². The standard InChI is InChI=1S/C15H15ClN2O2/c1-9-15(20,11-3-4-11)7-14(19)18(9)12-5-2-10(8-17)13(16)6-12/h2,5-6,9,11,20H,3-4,7H2,1H3. The maximum Gasteiger partial charge on any atom is 0.230 e. The van der Waals surface area contributed by atoms with Crippen LogP contribution >= 0.6 is 11.6 Å².